The number of carboxylic acids is 1. The summed E-state index contributed by atoms with van der Waals surface area (Å²) in [7, 11) is 0. The van der Waals surface area contributed by atoms with Crippen LogP contribution in [0, 0.1) is 11.3 Å². The summed E-state index contributed by atoms with van der Waals surface area (Å²) >= 11 is 0. The van der Waals surface area contributed by atoms with Crippen molar-refractivity contribution in [2.24, 2.45) is 0 Å². The molecular weight excluding hydrogens is 228 g/mol. The molecule has 0 aliphatic carbocycles. The number of rotatable bonds is 4. The first-order chi connectivity index (χ1) is 8.51. The Balaban J connectivity index is 0.000000321. The average Bonchev–Trinajstić information content (AvgIpc) is 2.40. The number of aromatic carboxylic acids is 1. The van der Waals surface area contributed by atoms with Crippen LogP contribution in [0.4, 0.5) is 0 Å². The van der Waals surface area contributed by atoms with Gasteiger partial charge in [-0.15, -0.1) is 0 Å². The first-order valence-corrected chi connectivity index (χ1v) is 5.95. The SMILES string of the molecule is CCC(C)NC(C)C#N.O=C(O)c1ccccc1. The molecule has 0 aliphatic rings. The van der Waals surface area contributed by atoms with Gasteiger partial charge in [-0.1, -0.05) is 25.1 Å². The van der Waals surface area contributed by atoms with Crippen LogP contribution in [0.15, 0.2) is 30.3 Å². The number of nitrogens with one attached hydrogen (secondary N) is 1. The van der Waals surface area contributed by atoms with Gasteiger partial charge < -0.3 is 5.11 Å². The van der Waals surface area contributed by atoms with E-state index in [0.29, 0.717) is 11.6 Å². The fourth-order valence-corrected chi connectivity index (χ4v) is 1.16. The van der Waals surface area contributed by atoms with Crippen molar-refractivity contribution in [2.75, 3.05) is 0 Å². The van der Waals surface area contributed by atoms with Gasteiger partial charge >= 0.3 is 5.97 Å². The van der Waals surface area contributed by atoms with Gasteiger partial charge in [-0.25, -0.2) is 4.79 Å². The third-order valence-electron chi connectivity index (χ3n) is 2.36. The van der Waals surface area contributed by atoms with Crippen LogP contribution in [-0.2, 0) is 0 Å². The Kier molecular flexibility index (Phi) is 8.25. The van der Waals surface area contributed by atoms with Crippen molar-refractivity contribution < 1.29 is 9.90 Å². The number of nitriles is 1. The molecule has 1 rings (SSSR count). The molecule has 1 aromatic rings. The van der Waals surface area contributed by atoms with Crippen LogP contribution in [0.1, 0.15) is 37.6 Å². The minimum absolute atomic E-state index is 0.0139. The highest BCUT2D eigenvalue weighted by atomic mass is 16.4. The van der Waals surface area contributed by atoms with Crippen LogP contribution in [0.25, 0.3) is 0 Å². The standard InChI is InChI=1S/C7H14N2.C7H6O2/c1-4-6(2)9-7(3)5-8;8-7(9)6-4-2-1-3-5-6/h6-7,9H,4H2,1-3H3;1-5H,(H,8,9). The van der Waals surface area contributed by atoms with E-state index in [1.807, 2.05) is 6.92 Å². The molecule has 1 aromatic carbocycles. The predicted molar refractivity (Wildman–Crippen MR) is 71.4 cm³/mol. The van der Waals surface area contributed by atoms with Gasteiger partial charge in [0.2, 0.25) is 0 Å². The monoisotopic (exact) mass is 248 g/mol. The zero-order valence-corrected chi connectivity index (χ0v) is 11.1. The molecular formula is C14H20N2O2. The first kappa shape index (κ1) is 16.1. The quantitative estimate of drug-likeness (QED) is 0.859. The van der Waals surface area contributed by atoms with Gasteiger partial charge in [-0.3, -0.25) is 5.32 Å². The summed E-state index contributed by atoms with van der Waals surface area (Å²) in [4.78, 5) is 10.2. The van der Waals surface area contributed by atoms with Gasteiger partial charge in [0, 0.05) is 6.04 Å². The number of carboxylic acid groups (broad SMARTS) is 1. The minimum atomic E-state index is -0.879. The Bertz CT molecular complexity index is 385. The third-order valence-corrected chi connectivity index (χ3v) is 2.36. The smallest absolute Gasteiger partial charge is 0.335 e. The molecule has 0 bridgehead atoms. The lowest BCUT2D eigenvalue weighted by Gasteiger charge is -2.11. The normalized spacial score (nSPS) is 12.6. The molecule has 98 valence electrons. The fourth-order valence-electron chi connectivity index (χ4n) is 1.16. The maximum atomic E-state index is 10.2. The Morgan fingerprint density at radius 1 is 1.39 bits per heavy atom. The van der Waals surface area contributed by atoms with E-state index in [2.05, 4.69) is 25.2 Å². The van der Waals surface area contributed by atoms with Crippen LogP contribution in [0.2, 0.25) is 0 Å². The van der Waals surface area contributed by atoms with E-state index in [1.54, 1.807) is 30.3 Å². The van der Waals surface area contributed by atoms with Gasteiger partial charge in [-0.05, 0) is 32.4 Å². The van der Waals surface area contributed by atoms with Crippen LogP contribution in [0.3, 0.4) is 0 Å². The number of benzene rings is 1. The second-order valence-electron chi connectivity index (χ2n) is 4.00. The molecule has 2 unspecified atom stereocenters. The maximum absolute atomic E-state index is 10.2. The van der Waals surface area contributed by atoms with Crippen molar-refractivity contribution in [1.82, 2.24) is 5.32 Å². The maximum Gasteiger partial charge on any atom is 0.335 e. The second kappa shape index (κ2) is 9.20. The van der Waals surface area contributed by atoms with Crippen LogP contribution < -0.4 is 5.32 Å². The highest BCUT2D eigenvalue weighted by Crippen LogP contribution is 1.96. The van der Waals surface area contributed by atoms with E-state index in [4.69, 9.17) is 10.4 Å². The molecule has 0 fully saturated rings. The van der Waals surface area contributed by atoms with Gasteiger partial charge in [0.15, 0.2) is 0 Å². The highest BCUT2D eigenvalue weighted by molar-refractivity contribution is 5.87. The lowest BCUT2D eigenvalue weighted by molar-refractivity contribution is 0.0697. The Morgan fingerprint density at radius 2 is 1.94 bits per heavy atom. The summed E-state index contributed by atoms with van der Waals surface area (Å²) in [6.45, 7) is 6.04. The number of hydrogen-bond acceptors (Lipinski definition) is 3. The number of nitrogens with zero attached hydrogens (tertiary/aromatic N) is 1. The Morgan fingerprint density at radius 3 is 2.28 bits per heavy atom. The molecule has 2 atom stereocenters. The van der Waals surface area contributed by atoms with Crippen molar-refractivity contribution in [2.45, 2.75) is 39.3 Å². The van der Waals surface area contributed by atoms with E-state index < -0.39 is 5.97 Å². The van der Waals surface area contributed by atoms with Crippen LogP contribution in [-0.4, -0.2) is 23.2 Å². The molecule has 0 aromatic heterocycles. The lowest BCUT2D eigenvalue weighted by atomic mass is 10.2. The summed E-state index contributed by atoms with van der Waals surface area (Å²) in [6, 6.07) is 10.9. The summed E-state index contributed by atoms with van der Waals surface area (Å²) < 4.78 is 0. The molecule has 18 heavy (non-hydrogen) atoms. The van der Waals surface area contributed by atoms with E-state index in [0.717, 1.165) is 6.42 Å². The van der Waals surface area contributed by atoms with Gasteiger partial charge in [-0.2, -0.15) is 5.26 Å². The molecule has 0 radical (unpaired) electrons. The predicted octanol–water partition coefficient (Wildman–Crippen LogP) is 2.67. The Labute approximate surface area is 108 Å². The van der Waals surface area contributed by atoms with Crippen molar-refractivity contribution in [3.05, 3.63) is 35.9 Å². The van der Waals surface area contributed by atoms with Crippen molar-refractivity contribution in [3.63, 3.8) is 0 Å². The van der Waals surface area contributed by atoms with Crippen LogP contribution in [0.5, 0.6) is 0 Å². The van der Waals surface area contributed by atoms with Crippen molar-refractivity contribution in [3.8, 4) is 6.07 Å². The lowest BCUT2D eigenvalue weighted by Crippen LogP contribution is -2.32. The van der Waals surface area contributed by atoms with Gasteiger partial charge in [0.25, 0.3) is 0 Å². The summed E-state index contributed by atoms with van der Waals surface area (Å²) in [5.41, 5.74) is 0.331. The fraction of sp³-hybridized carbons (Fsp3) is 0.429. The molecule has 4 heteroatoms. The molecule has 0 saturated heterocycles. The first-order valence-electron chi connectivity index (χ1n) is 5.95. The molecule has 0 spiro atoms. The minimum Gasteiger partial charge on any atom is -0.478 e. The van der Waals surface area contributed by atoms with E-state index >= 15 is 0 Å². The van der Waals surface area contributed by atoms with E-state index in [-0.39, 0.29) is 6.04 Å². The largest absolute Gasteiger partial charge is 0.478 e. The van der Waals surface area contributed by atoms with E-state index in [9.17, 15) is 4.79 Å². The zero-order chi connectivity index (χ0) is 14.0. The Hall–Kier alpha value is -1.86. The highest BCUT2D eigenvalue weighted by Gasteiger charge is 2.01. The molecule has 0 heterocycles. The number of carbonyl (C=O) groups is 1. The second-order valence-corrected chi connectivity index (χ2v) is 4.00. The topological polar surface area (TPSA) is 73.1 Å². The third kappa shape index (κ3) is 7.42. The summed E-state index contributed by atoms with van der Waals surface area (Å²) in [6.07, 6.45) is 1.08. The molecule has 2 N–H and O–H groups in total. The number of hydrogen-bond donors (Lipinski definition) is 2. The summed E-state index contributed by atoms with van der Waals surface area (Å²) in [5, 5.41) is 19.9. The van der Waals surface area contributed by atoms with Crippen LogP contribution >= 0.6 is 0 Å². The summed E-state index contributed by atoms with van der Waals surface area (Å²) in [5.74, 6) is -0.879. The molecule has 0 aliphatic heterocycles. The van der Waals surface area contributed by atoms with Gasteiger partial charge in [0.05, 0.1) is 17.7 Å². The van der Waals surface area contributed by atoms with E-state index in [1.165, 1.54) is 0 Å². The molecule has 0 saturated carbocycles. The molecule has 4 nitrogen and oxygen atoms in total. The van der Waals surface area contributed by atoms with Crippen molar-refractivity contribution in [1.29, 1.82) is 5.26 Å². The van der Waals surface area contributed by atoms with Crippen molar-refractivity contribution >= 4 is 5.97 Å². The molecule has 0 amide bonds. The zero-order valence-electron chi connectivity index (χ0n) is 11.1. The average molecular weight is 248 g/mol. The van der Waals surface area contributed by atoms with Gasteiger partial charge in [0.1, 0.15) is 0 Å².